The van der Waals surface area contributed by atoms with E-state index in [0.29, 0.717) is 40.2 Å². The van der Waals surface area contributed by atoms with Crippen LogP contribution in [0.5, 0.6) is 0 Å². The Morgan fingerprint density at radius 1 is 1.00 bits per heavy atom. The Labute approximate surface area is 198 Å². The summed E-state index contributed by atoms with van der Waals surface area (Å²) in [7, 11) is 0. The minimum absolute atomic E-state index is 0. The second kappa shape index (κ2) is 9.25. The highest BCUT2D eigenvalue weighted by Gasteiger charge is 2.26. The average Bonchev–Trinajstić information content (AvgIpc) is 3.08. The van der Waals surface area contributed by atoms with Gasteiger partial charge >= 0.3 is 0 Å². The summed E-state index contributed by atoms with van der Waals surface area (Å²) < 4.78 is 16.9. The molecule has 1 aromatic carbocycles. The summed E-state index contributed by atoms with van der Waals surface area (Å²) in [6.45, 7) is 8.27. The Morgan fingerprint density at radius 3 is 2.44 bits per heavy atom. The summed E-state index contributed by atoms with van der Waals surface area (Å²) in [6.07, 6.45) is 3.84. The van der Waals surface area contributed by atoms with E-state index in [0.717, 1.165) is 35.4 Å². The van der Waals surface area contributed by atoms with Gasteiger partial charge < -0.3 is 5.32 Å². The van der Waals surface area contributed by atoms with Gasteiger partial charge in [0.05, 0.1) is 28.8 Å². The number of nitrogens with one attached hydrogen (secondary N) is 1. The smallest absolute Gasteiger partial charge is 0.156 e. The Hall–Kier alpha value is -2.35. The highest BCUT2D eigenvalue weighted by molar-refractivity contribution is 5.86. The van der Waals surface area contributed by atoms with Gasteiger partial charge in [0.1, 0.15) is 5.82 Å². The normalized spacial score (nSPS) is 20.7. The van der Waals surface area contributed by atoms with Crippen molar-refractivity contribution in [1.82, 2.24) is 30.1 Å². The van der Waals surface area contributed by atoms with E-state index in [-0.39, 0.29) is 30.6 Å². The molecular formula is C23H27Cl2FN6. The number of hydrogen-bond donors (Lipinski definition) is 1. The van der Waals surface area contributed by atoms with Crippen LogP contribution in [0, 0.1) is 19.7 Å². The number of halogens is 3. The van der Waals surface area contributed by atoms with Gasteiger partial charge in [-0.15, -0.1) is 24.8 Å². The molecular weight excluding hydrogens is 450 g/mol. The molecule has 0 amide bonds. The van der Waals surface area contributed by atoms with Crippen molar-refractivity contribution in [1.29, 1.82) is 0 Å². The fourth-order valence-corrected chi connectivity index (χ4v) is 4.66. The van der Waals surface area contributed by atoms with Crippen molar-refractivity contribution in [2.24, 2.45) is 0 Å². The fourth-order valence-electron chi connectivity index (χ4n) is 4.66. The number of nitrogens with zero attached hydrogens (tertiary/aromatic N) is 5. The lowest BCUT2D eigenvalue weighted by atomic mass is 9.86. The largest absolute Gasteiger partial charge is 0.312 e. The number of hydrogen-bond acceptors (Lipinski definition) is 5. The standard InChI is InChI=1S/C23H25FN6.2ClH/c1-12-5-21(29-30-11-15(4)26-23(12)30)17-8-19(24)18-10-20(27-28-22(18)9-17)16-6-13(2)25-14(3)7-16;;/h5,8-11,13-14,16,25H,6-7H2,1-4H3;2*1H/t13-,14+,16?;;. The number of fused-ring (bicyclic) bond motifs is 2. The van der Waals surface area contributed by atoms with Crippen molar-refractivity contribution in [3.05, 3.63) is 53.2 Å². The van der Waals surface area contributed by atoms with E-state index in [9.17, 15) is 0 Å². The molecule has 0 saturated carbocycles. The zero-order valence-corrected chi connectivity index (χ0v) is 20.1. The molecule has 0 spiro atoms. The maximum Gasteiger partial charge on any atom is 0.156 e. The molecule has 4 heterocycles. The van der Waals surface area contributed by atoms with E-state index in [4.69, 9.17) is 0 Å². The second-order valence-corrected chi connectivity index (χ2v) is 8.66. The molecule has 0 radical (unpaired) electrons. The van der Waals surface area contributed by atoms with Crippen LogP contribution in [0.1, 0.15) is 49.6 Å². The summed E-state index contributed by atoms with van der Waals surface area (Å²) in [6, 6.07) is 8.04. The van der Waals surface area contributed by atoms with Crippen molar-refractivity contribution >= 4 is 41.4 Å². The molecule has 170 valence electrons. The van der Waals surface area contributed by atoms with Gasteiger partial charge in [0, 0.05) is 29.0 Å². The van der Waals surface area contributed by atoms with Crippen LogP contribution in [0.25, 0.3) is 27.8 Å². The molecule has 0 aliphatic carbocycles. The van der Waals surface area contributed by atoms with Crippen LogP contribution >= 0.6 is 24.8 Å². The third kappa shape index (κ3) is 4.42. The first-order valence-corrected chi connectivity index (χ1v) is 10.4. The Morgan fingerprint density at radius 2 is 1.72 bits per heavy atom. The van der Waals surface area contributed by atoms with Crippen LogP contribution in [0.2, 0.25) is 0 Å². The molecule has 1 N–H and O–H groups in total. The van der Waals surface area contributed by atoms with Crippen LogP contribution < -0.4 is 5.32 Å². The van der Waals surface area contributed by atoms with Gasteiger partial charge in [-0.2, -0.15) is 15.3 Å². The number of piperidine rings is 1. The predicted octanol–water partition coefficient (Wildman–Crippen LogP) is 5.18. The summed E-state index contributed by atoms with van der Waals surface area (Å²) in [4.78, 5) is 4.48. The van der Waals surface area contributed by atoms with Crippen molar-refractivity contribution in [2.75, 3.05) is 0 Å². The van der Waals surface area contributed by atoms with Crippen molar-refractivity contribution in [2.45, 2.75) is 58.5 Å². The molecule has 1 saturated heterocycles. The Bertz CT molecular complexity index is 1260. The topological polar surface area (TPSA) is 68.0 Å². The van der Waals surface area contributed by atoms with Gasteiger partial charge in [-0.1, -0.05) is 0 Å². The van der Waals surface area contributed by atoms with Crippen molar-refractivity contribution in [3.63, 3.8) is 0 Å². The fraction of sp³-hybridized carbons (Fsp3) is 0.391. The van der Waals surface area contributed by atoms with Crippen LogP contribution in [0.3, 0.4) is 0 Å². The molecule has 1 unspecified atom stereocenters. The van der Waals surface area contributed by atoms with E-state index in [1.54, 1.807) is 10.6 Å². The lowest BCUT2D eigenvalue weighted by molar-refractivity contribution is 0.312. The number of rotatable bonds is 2. The minimum Gasteiger partial charge on any atom is -0.312 e. The number of aromatic nitrogens is 5. The zero-order valence-electron chi connectivity index (χ0n) is 18.5. The van der Waals surface area contributed by atoms with E-state index in [1.165, 1.54) is 0 Å². The monoisotopic (exact) mass is 476 g/mol. The van der Waals surface area contributed by atoms with Gasteiger partial charge in [-0.25, -0.2) is 13.9 Å². The predicted molar refractivity (Wildman–Crippen MR) is 129 cm³/mol. The highest BCUT2D eigenvalue weighted by atomic mass is 35.5. The number of benzene rings is 1. The second-order valence-electron chi connectivity index (χ2n) is 8.66. The summed E-state index contributed by atoms with van der Waals surface area (Å²) in [5.74, 6) is -0.00141. The minimum atomic E-state index is -0.296. The number of aryl methyl sites for hydroxylation is 2. The van der Waals surface area contributed by atoms with E-state index in [1.807, 2.05) is 38.2 Å². The molecule has 0 bridgehead atoms. The van der Waals surface area contributed by atoms with Gasteiger partial charge in [0.2, 0.25) is 0 Å². The molecule has 5 rings (SSSR count). The van der Waals surface area contributed by atoms with Gasteiger partial charge in [0.25, 0.3) is 0 Å². The van der Waals surface area contributed by atoms with Crippen LogP contribution in [0.4, 0.5) is 4.39 Å². The van der Waals surface area contributed by atoms with E-state index < -0.39 is 0 Å². The third-order valence-corrected chi connectivity index (χ3v) is 5.96. The lowest BCUT2D eigenvalue weighted by Crippen LogP contribution is -2.41. The molecule has 32 heavy (non-hydrogen) atoms. The Balaban J connectivity index is 0.00000144. The van der Waals surface area contributed by atoms with E-state index in [2.05, 4.69) is 39.4 Å². The Kier molecular flexibility index (Phi) is 7.03. The number of imidazole rings is 1. The first-order chi connectivity index (χ1) is 14.4. The molecule has 1 aliphatic heterocycles. The van der Waals surface area contributed by atoms with Crippen LogP contribution in [0.15, 0.2) is 30.5 Å². The molecule has 3 atom stereocenters. The van der Waals surface area contributed by atoms with Crippen molar-refractivity contribution in [3.8, 4) is 11.3 Å². The molecule has 3 aromatic heterocycles. The zero-order chi connectivity index (χ0) is 21.0. The summed E-state index contributed by atoms with van der Waals surface area (Å²) >= 11 is 0. The first-order valence-electron chi connectivity index (χ1n) is 10.4. The van der Waals surface area contributed by atoms with Gasteiger partial charge in [0.15, 0.2) is 5.65 Å². The quantitative estimate of drug-likeness (QED) is 0.431. The maximum absolute atomic E-state index is 15.1. The van der Waals surface area contributed by atoms with E-state index >= 15 is 4.39 Å². The maximum atomic E-state index is 15.1. The van der Waals surface area contributed by atoms with Crippen LogP contribution in [-0.2, 0) is 0 Å². The van der Waals surface area contributed by atoms with Gasteiger partial charge in [-0.3, -0.25) is 0 Å². The first kappa shape index (κ1) is 24.3. The summed E-state index contributed by atoms with van der Waals surface area (Å²) in [5, 5.41) is 17.5. The van der Waals surface area contributed by atoms with Gasteiger partial charge in [-0.05, 0) is 70.4 Å². The molecule has 4 aromatic rings. The average molecular weight is 477 g/mol. The molecule has 1 aliphatic rings. The highest BCUT2D eigenvalue weighted by Crippen LogP contribution is 2.32. The van der Waals surface area contributed by atoms with Crippen molar-refractivity contribution < 1.29 is 4.39 Å². The molecule has 9 heteroatoms. The van der Waals surface area contributed by atoms with Crippen LogP contribution in [-0.4, -0.2) is 36.9 Å². The SMILES string of the molecule is Cc1cn2nc(-c3cc(F)c4cc(C5C[C@@H](C)N[C@@H](C)C5)nnc4c3)cc(C)c2n1.Cl.Cl. The molecule has 1 fully saturated rings. The summed E-state index contributed by atoms with van der Waals surface area (Å²) in [5.41, 5.74) is 5.49. The lowest BCUT2D eigenvalue weighted by Gasteiger charge is -2.32. The third-order valence-electron chi connectivity index (χ3n) is 5.96. The molecule has 6 nitrogen and oxygen atoms in total.